The topological polar surface area (TPSA) is 307 Å². The van der Waals surface area contributed by atoms with Crippen molar-refractivity contribution in [2.24, 2.45) is 0 Å². The predicted molar refractivity (Wildman–Crippen MR) is 305 cm³/mol. The van der Waals surface area contributed by atoms with Gasteiger partial charge in [-0.25, -0.2) is 0 Å². The van der Waals surface area contributed by atoms with Crippen LogP contribution in [0.25, 0.3) is 0 Å². The second kappa shape index (κ2) is 44.5. The largest absolute Gasteiger partial charge is 0.394 e. The third-order valence-corrected chi connectivity index (χ3v) is 15.7. The molecule has 0 aromatic carbocycles. The molecule has 0 radical (unpaired) electrons. The molecule has 0 spiro atoms. The molecular formula is C61H111NO18. The molecule has 12 N–H and O–H groups in total. The minimum absolute atomic E-state index is 0.233. The fraction of sp³-hybridized carbons (Fsp3) is 0.885. The molecule has 1 amide bonds. The lowest BCUT2D eigenvalue weighted by molar-refractivity contribution is -0.379. The van der Waals surface area contributed by atoms with Gasteiger partial charge in [-0.05, 0) is 44.9 Å². The van der Waals surface area contributed by atoms with Crippen LogP contribution in [0.3, 0.4) is 0 Å². The van der Waals surface area contributed by atoms with Crippen LogP contribution < -0.4 is 5.32 Å². The van der Waals surface area contributed by atoms with Gasteiger partial charge in [-0.15, -0.1) is 0 Å². The number of aliphatic hydroxyl groups is 11. The molecule has 3 rings (SSSR count). The second-order valence-electron chi connectivity index (χ2n) is 22.5. The number of rotatable bonds is 46. The van der Waals surface area contributed by atoms with Crippen molar-refractivity contribution >= 4 is 5.91 Å². The van der Waals surface area contributed by atoms with Crippen molar-refractivity contribution in [3.8, 4) is 0 Å². The minimum Gasteiger partial charge on any atom is -0.394 e. The molecule has 0 aromatic heterocycles. The van der Waals surface area contributed by atoms with Gasteiger partial charge < -0.3 is 89.9 Å². The highest BCUT2D eigenvalue weighted by molar-refractivity contribution is 5.76. The zero-order chi connectivity index (χ0) is 58.3. The average molecular weight is 1150 g/mol. The number of amides is 1. The summed E-state index contributed by atoms with van der Waals surface area (Å²) in [6.45, 7) is 1.68. The molecule has 19 heteroatoms. The van der Waals surface area contributed by atoms with Crippen LogP contribution in [-0.2, 0) is 33.2 Å². The van der Waals surface area contributed by atoms with Crippen molar-refractivity contribution in [1.82, 2.24) is 5.32 Å². The normalized spacial score (nSPS) is 30.2. The number of carbonyl (C=O) groups is 1. The van der Waals surface area contributed by atoms with Crippen molar-refractivity contribution in [2.75, 3.05) is 26.4 Å². The summed E-state index contributed by atoms with van der Waals surface area (Å²) < 4.78 is 34.2. The highest BCUT2D eigenvalue weighted by Crippen LogP contribution is 2.33. The van der Waals surface area contributed by atoms with Gasteiger partial charge in [0.2, 0.25) is 5.91 Å². The molecule has 468 valence electrons. The van der Waals surface area contributed by atoms with E-state index in [0.717, 1.165) is 44.9 Å². The smallest absolute Gasteiger partial charge is 0.220 e. The number of hydrogen-bond donors (Lipinski definition) is 12. The van der Waals surface area contributed by atoms with E-state index in [1.165, 1.54) is 135 Å². The summed E-state index contributed by atoms with van der Waals surface area (Å²) in [5.74, 6) is -0.292. The molecule has 80 heavy (non-hydrogen) atoms. The van der Waals surface area contributed by atoms with Crippen molar-refractivity contribution < 1.29 is 89.4 Å². The Morgan fingerprint density at radius 3 is 1.25 bits per heavy atom. The van der Waals surface area contributed by atoms with Gasteiger partial charge in [-0.2, -0.15) is 0 Å². The van der Waals surface area contributed by atoms with E-state index in [1.807, 2.05) is 6.08 Å². The molecule has 3 saturated heterocycles. The van der Waals surface area contributed by atoms with E-state index >= 15 is 0 Å². The highest BCUT2D eigenvalue weighted by Gasteiger charge is 2.53. The number of hydrogen-bond acceptors (Lipinski definition) is 18. The SMILES string of the molecule is CCCCCCCCCCCCCCCCC/C=C/CC/C=C/CC/C=C/C(O)C(COC1OC(CO)C(OC2OC(CO)C(OC3OC(CO)C(O)C(O)C3O)C(O)C2O)C(O)C1O)NC(=O)CCCCCCCCCCCC. The summed E-state index contributed by atoms with van der Waals surface area (Å²) in [6.07, 6.45) is 21.5. The summed E-state index contributed by atoms with van der Waals surface area (Å²) in [6, 6.07) is -0.992. The van der Waals surface area contributed by atoms with E-state index < -0.39 is 124 Å². The van der Waals surface area contributed by atoms with Gasteiger partial charge >= 0.3 is 0 Å². The monoisotopic (exact) mass is 1150 g/mol. The maximum atomic E-state index is 13.3. The Hall–Kier alpha value is -1.99. The van der Waals surface area contributed by atoms with E-state index in [9.17, 15) is 61.0 Å². The minimum atomic E-state index is -1.98. The quantitative estimate of drug-likeness (QED) is 0.0242. The summed E-state index contributed by atoms with van der Waals surface area (Å²) in [7, 11) is 0. The first kappa shape index (κ1) is 72.3. The lowest BCUT2D eigenvalue weighted by atomic mass is 9.96. The van der Waals surface area contributed by atoms with Crippen molar-refractivity contribution in [3.63, 3.8) is 0 Å². The van der Waals surface area contributed by atoms with Crippen LogP contribution in [-0.4, -0.2) is 193 Å². The molecule has 0 bridgehead atoms. The van der Waals surface area contributed by atoms with Crippen LogP contribution in [0.1, 0.15) is 213 Å². The Morgan fingerprint density at radius 1 is 0.438 bits per heavy atom. The number of unbranched alkanes of at least 4 members (excludes halogenated alkanes) is 26. The van der Waals surface area contributed by atoms with E-state index in [4.69, 9.17) is 28.4 Å². The maximum absolute atomic E-state index is 13.3. The molecule has 17 unspecified atom stereocenters. The van der Waals surface area contributed by atoms with E-state index in [-0.39, 0.29) is 18.9 Å². The summed E-state index contributed by atoms with van der Waals surface area (Å²) in [5.41, 5.74) is 0. The van der Waals surface area contributed by atoms with E-state index in [0.29, 0.717) is 12.8 Å². The lowest BCUT2D eigenvalue weighted by Crippen LogP contribution is -2.66. The molecule has 0 aliphatic carbocycles. The van der Waals surface area contributed by atoms with Crippen molar-refractivity contribution in [1.29, 1.82) is 0 Å². The summed E-state index contributed by atoms with van der Waals surface area (Å²) in [4.78, 5) is 13.3. The fourth-order valence-corrected chi connectivity index (χ4v) is 10.5. The molecule has 19 nitrogen and oxygen atoms in total. The van der Waals surface area contributed by atoms with Crippen LogP contribution in [0.2, 0.25) is 0 Å². The predicted octanol–water partition coefficient (Wildman–Crippen LogP) is 6.10. The number of ether oxygens (including phenoxy) is 6. The van der Waals surface area contributed by atoms with Crippen LogP contribution in [0.15, 0.2) is 36.5 Å². The molecule has 0 aromatic rings. The van der Waals surface area contributed by atoms with Gasteiger partial charge in [0.05, 0.1) is 38.6 Å². The lowest BCUT2D eigenvalue weighted by Gasteiger charge is -2.48. The molecular weight excluding hydrogens is 1030 g/mol. The Bertz CT molecular complexity index is 1600. The summed E-state index contributed by atoms with van der Waals surface area (Å²) >= 11 is 0. The standard InChI is InChI=1S/C61H111NO18/c1-3-5-7-9-11-13-15-16-17-18-19-20-21-22-23-24-25-26-27-28-29-30-32-34-36-38-45(66)44(62-49(67)39-37-35-33-31-14-12-10-8-6-4-2)43-75-59-55(73)52(70)57(47(41-64)77-59)80-61-56(74)53(71)58(48(42-65)78-61)79-60-54(72)51(69)50(68)46(40-63)76-60/h25-26,29-30,36,38,44-48,50-61,63-66,68-74H,3-24,27-28,31-35,37,39-43H2,1-2H3,(H,62,67)/b26-25+,30-29+,38-36+. The average Bonchev–Trinajstić information content (AvgIpc) is 3.47. The van der Waals surface area contributed by atoms with E-state index in [2.05, 4.69) is 43.5 Å². The second-order valence-corrected chi connectivity index (χ2v) is 22.5. The maximum Gasteiger partial charge on any atom is 0.220 e. The third-order valence-electron chi connectivity index (χ3n) is 15.7. The molecule has 17 atom stereocenters. The number of allylic oxidation sites excluding steroid dienone is 5. The van der Waals surface area contributed by atoms with Crippen LogP contribution in [0, 0.1) is 0 Å². The first-order chi connectivity index (χ1) is 38.8. The molecule has 3 heterocycles. The van der Waals surface area contributed by atoms with Gasteiger partial charge in [0.15, 0.2) is 18.9 Å². The van der Waals surface area contributed by atoms with Crippen molar-refractivity contribution in [3.05, 3.63) is 36.5 Å². The van der Waals surface area contributed by atoms with Gasteiger partial charge in [-0.1, -0.05) is 198 Å². The highest BCUT2D eigenvalue weighted by atomic mass is 16.8. The van der Waals surface area contributed by atoms with Gasteiger partial charge in [-0.3, -0.25) is 4.79 Å². The fourth-order valence-electron chi connectivity index (χ4n) is 10.5. The number of nitrogens with one attached hydrogen (secondary N) is 1. The zero-order valence-corrected chi connectivity index (χ0v) is 48.8. The number of carbonyl (C=O) groups excluding carboxylic acids is 1. The van der Waals surface area contributed by atoms with Gasteiger partial charge in [0.1, 0.15) is 73.2 Å². The first-order valence-electron chi connectivity index (χ1n) is 31.2. The zero-order valence-electron chi connectivity index (χ0n) is 48.8. The Morgan fingerprint density at radius 2 is 0.800 bits per heavy atom. The number of aliphatic hydroxyl groups excluding tert-OH is 11. The molecule has 3 fully saturated rings. The van der Waals surface area contributed by atoms with E-state index in [1.54, 1.807) is 6.08 Å². The Balaban J connectivity index is 1.47. The van der Waals surface area contributed by atoms with Gasteiger partial charge in [0, 0.05) is 6.42 Å². The van der Waals surface area contributed by atoms with Gasteiger partial charge in [0.25, 0.3) is 0 Å². The molecule has 3 aliphatic heterocycles. The molecule has 0 saturated carbocycles. The first-order valence-corrected chi connectivity index (χ1v) is 31.2. The Kier molecular flexibility index (Phi) is 40.2. The van der Waals surface area contributed by atoms with Crippen LogP contribution in [0.4, 0.5) is 0 Å². The van der Waals surface area contributed by atoms with Crippen LogP contribution in [0.5, 0.6) is 0 Å². The molecule has 3 aliphatic rings. The van der Waals surface area contributed by atoms with Crippen molar-refractivity contribution in [2.45, 2.75) is 317 Å². The summed E-state index contributed by atoms with van der Waals surface area (Å²) in [5, 5.41) is 120. The van der Waals surface area contributed by atoms with Crippen LogP contribution >= 0.6 is 0 Å². The third kappa shape index (κ3) is 27.8. The Labute approximate surface area is 479 Å².